The molecule has 2 rings (SSSR count). The van der Waals surface area contributed by atoms with Crippen LogP contribution in [0.2, 0.25) is 0 Å². The minimum atomic E-state index is -0.613. The van der Waals surface area contributed by atoms with E-state index in [0.29, 0.717) is 5.69 Å². The van der Waals surface area contributed by atoms with Crippen molar-refractivity contribution >= 4 is 11.6 Å². The number of nitrogens with zero attached hydrogens (tertiary/aromatic N) is 1. The van der Waals surface area contributed by atoms with Gasteiger partial charge in [-0.05, 0) is 43.7 Å². The lowest BCUT2D eigenvalue weighted by Gasteiger charge is -2.24. The average Bonchev–Trinajstić information content (AvgIpc) is 2.82. The van der Waals surface area contributed by atoms with Gasteiger partial charge < -0.3 is 5.73 Å². The van der Waals surface area contributed by atoms with Gasteiger partial charge in [0.1, 0.15) is 0 Å². The van der Waals surface area contributed by atoms with Crippen molar-refractivity contribution in [2.45, 2.75) is 19.3 Å². The molecule has 1 amide bonds. The maximum atomic E-state index is 12.3. The molecule has 94 valence electrons. The smallest absolute Gasteiger partial charge is 0.248 e. The molecule has 1 heterocycles. The maximum absolute atomic E-state index is 12.3. The second kappa shape index (κ2) is 4.56. The summed E-state index contributed by atoms with van der Waals surface area (Å²) in [5.74, 6) is -0.0662. The van der Waals surface area contributed by atoms with Gasteiger partial charge in [-0.3, -0.25) is 14.9 Å². The predicted molar refractivity (Wildman–Crippen MR) is 72.7 cm³/mol. The quantitative estimate of drug-likeness (QED) is 0.811. The first-order chi connectivity index (χ1) is 8.50. The van der Waals surface area contributed by atoms with E-state index in [4.69, 9.17) is 5.73 Å². The van der Waals surface area contributed by atoms with Gasteiger partial charge in [0, 0.05) is 18.1 Å². The molecule has 0 saturated carbocycles. The molecule has 0 radical (unpaired) electrons. The minimum absolute atomic E-state index is 0.0662. The molecule has 2 aromatic rings. The summed E-state index contributed by atoms with van der Waals surface area (Å²) in [6.45, 7) is 3.77. The van der Waals surface area contributed by atoms with Gasteiger partial charge in [0.25, 0.3) is 0 Å². The van der Waals surface area contributed by atoms with Gasteiger partial charge in [-0.15, -0.1) is 0 Å². The summed E-state index contributed by atoms with van der Waals surface area (Å²) in [7, 11) is 0. The van der Waals surface area contributed by atoms with Crippen LogP contribution in [0.25, 0.3) is 0 Å². The van der Waals surface area contributed by atoms with Crippen molar-refractivity contribution in [2.24, 2.45) is 0 Å². The molecule has 0 fully saturated rings. The number of nitrogens with two attached hydrogens (primary N) is 1. The van der Waals surface area contributed by atoms with E-state index in [-0.39, 0.29) is 5.91 Å². The molecule has 3 N–H and O–H groups in total. The monoisotopic (exact) mass is 243 g/mol. The minimum Gasteiger partial charge on any atom is -0.399 e. The van der Waals surface area contributed by atoms with Crippen LogP contribution in [0.15, 0.2) is 48.8 Å². The van der Waals surface area contributed by atoms with Crippen molar-refractivity contribution in [1.29, 1.82) is 0 Å². The van der Waals surface area contributed by atoms with Crippen LogP contribution >= 0.6 is 0 Å². The van der Waals surface area contributed by atoms with Gasteiger partial charge in [-0.25, -0.2) is 0 Å². The molecule has 0 spiro atoms. The Morgan fingerprint density at radius 1 is 1.17 bits per heavy atom. The number of hydrogen-bond acceptors (Lipinski definition) is 2. The van der Waals surface area contributed by atoms with Crippen LogP contribution in [0.4, 0.5) is 5.69 Å². The Kier molecular flexibility index (Phi) is 3.10. The number of rotatable bonds is 3. The molecule has 0 bridgehead atoms. The van der Waals surface area contributed by atoms with Gasteiger partial charge in [0.15, 0.2) is 0 Å². The molecule has 0 saturated heterocycles. The first-order valence-electron chi connectivity index (χ1n) is 5.80. The summed E-state index contributed by atoms with van der Waals surface area (Å²) >= 11 is 0. The number of benzene rings is 1. The highest BCUT2D eigenvalue weighted by Gasteiger charge is 2.29. The summed E-state index contributed by atoms with van der Waals surface area (Å²) in [4.78, 5) is 12.3. The van der Waals surface area contributed by atoms with E-state index in [0.717, 1.165) is 5.56 Å². The Morgan fingerprint density at radius 3 is 2.28 bits per heavy atom. The lowest BCUT2D eigenvalue weighted by molar-refractivity contribution is -0.121. The number of nitrogen functional groups attached to an aromatic ring is 1. The van der Waals surface area contributed by atoms with E-state index in [9.17, 15) is 4.79 Å². The lowest BCUT2D eigenvalue weighted by atomic mass is 9.84. The number of anilines is 1. The summed E-state index contributed by atoms with van der Waals surface area (Å²) in [6.07, 6.45) is 3.58. The van der Waals surface area contributed by atoms with Gasteiger partial charge in [0.05, 0.1) is 5.41 Å². The second-order valence-corrected chi connectivity index (χ2v) is 4.78. The highest BCUT2D eigenvalue weighted by atomic mass is 16.2. The zero-order valence-electron chi connectivity index (χ0n) is 10.6. The third-order valence-corrected chi connectivity index (χ3v) is 3.04. The average molecular weight is 243 g/mol. The van der Waals surface area contributed by atoms with E-state index in [1.54, 1.807) is 29.2 Å². The van der Waals surface area contributed by atoms with Crippen LogP contribution in [0.3, 0.4) is 0 Å². The molecule has 0 aliphatic rings. The van der Waals surface area contributed by atoms with Gasteiger partial charge in [0.2, 0.25) is 5.91 Å². The highest BCUT2D eigenvalue weighted by molar-refractivity contribution is 5.93. The van der Waals surface area contributed by atoms with E-state index < -0.39 is 5.41 Å². The fraction of sp³-hybridized carbons (Fsp3) is 0.214. The van der Waals surface area contributed by atoms with Crippen molar-refractivity contribution in [3.05, 3.63) is 54.4 Å². The molecule has 0 unspecified atom stereocenters. The van der Waals surface area contributed by atoms with Crippen molar-refractivity contribution in [3.8, 4) is 0 Å². The Hall–Kier alpha value is -2.23. The van der Waals surface area contributed by atoms with E-state index in [1.807, 2.05) is 38.1 Å². The molecule has 1 aromatic heterocycles. The zero-order chi connectivity index (χ0) is 13.2. The van der Waals surface area contributed by atoms with Crippen LogP contribution in [-0.2, 0) is 10.2 Å². The van der Waals surface area contributed by atoms with E-state index in [2.05, 4.69) is 5.43 Å². The largest absolute Gasteiger partial charge is 0.399 e. The fourth-order valence-electron chi connectivity index (χ4n) is 1.70. The molecule has 0 aliphatic carbocycles. The van der Waals surface area contributed by atoms with Gasteiger partial charge in [-0.2, -0.15) is 0 Å². The van der Waals surface area contributed by atoms with Crippen molar-refractivity contribution < 1.29 is 4.79 Å². The number of amides is 1. The van der Waals surface area contributed by atoms with Crippen LogP contribution < -0.4 is 11.2 Å². The standard InChI is InChI=1S/C14H17N3O/c1-14(2,11-5-7-12(15)8-6-11)13(18)16-17-9-3-4-10-17/h3-10H,15H2,1-2H3,(H,16,18). The highest BCUT2D eigenvalue weighted by Crippen LogP contribution is 2.24. The maximum Gasteiger partial charge on any atom is 0.248 e. The Balaban J connectivity index is 2.19. The molecule has 1 aromatic carbocycles. The molecular weight excluding hydrogens is 226 g/mol. The molecule has 0 aliphatic heterocycles. The number of hydrogen-bond donors (Lipinski definition) is 2. The summed E-state index contributed by atoms with van der Waals surface area (Å²) in [6, 6.07) is 11.1. The Bertz CT molecular complexity index is 527. The molecular formula is C14H17N3O. The van der Waals surface area contributed by atoms with Gasteiger partial charge >= 0.3 is 0 Å². The normalized spacial score (nSPS) is 11.2. The van der Waals surface area contributed by atoms with E-state index in [1.165, 1.54) is 0 Å². The molecule has 4 nitrogen and oxygen atoms in total. The number of carbonyl (C=O) groups excluding carboxylic acids is 1. The first kappa shape index (κ1) is 12.2. The molecule has 4 heteroatoms. The zero-order valence-corrected chi connectivity index (χ0v) is 10.6. The first-order valence-corrected chi connectivity index (χ1v) is 5.80. The summed E-state index contributed by atoms with van der Waals surface area (Å²) in [5.41, 5.74) is 9.49. The fourth-order valence-corrected chi connectivity index (χ4v) is 1.70. The lowest BCUT2D eigenvalue weighted by Crippen LogP contribution is -2.38. The predicted octanol–water partition coefficient (Wildman–Crippen LogP) is 2.12. The second-order valence-electron chi connectivity index (χ2n) is 4.78. The summed E-state index contributed by atoms with van der Waals surface area (Å²) in [5, 5.41) is 0. The SMILES string of the molecule is CC(C)(C(=O)Nn1cccc1)c1ccc(N)cc1. The Labute approximate surface area is 106 Å². The number of aromatic nitrogens is 1. The number of nitrogens with one attached hydrogen (secondary N) is 1. The van der Waals surface area contributed by atoms with Crippen molar-refractivity contribution in [3.63, 3.8) is 0 Å². The van der Waals surface area contributed by atoms with E-state index >= 15 is 0 Å². The third-order valence-electron chi connectivity index (χ3n) is 3.04. The number of carbonyl (C=O) groups is 1. The topological polar surface area (TPSA) is 60.0 Å². The van der Waals surface area contributed by atoms with Crippen LogP contribution in [0, 0.1) is 0 Å². The Morgan fingerprint density at radius 2 is 1.72 bits per heavy atom. The van der Waals surface area contributed by atoms with Crippen molar-refractivity contribution in [1.82, 2.24) is 4.68 Å². The third kappa shape index (κ3) is 2.37. The molecule has 0 atom stereocenters. The molecule has 18 heavy (non-hydrogen) atoms. The van der Waals surface area contributed by atoms with Crippen LogP contribution in [-0.4, -0.2) is 10.6 Å². The van der Waals surface area contributed by atoms with Crippen LogP contribution in [0.1, 0.15) is 19.4 Å². The van der Waals surface area contributed by atoms with Crippen LogP contribution in [0.5, 0.6) is 0 Å². The van der Waals surface area contributed by atoms with Crippen molar-refractivity contribution in [2.75, 3.05) is 11.2 Å². The summed E-state index contributed by atoms with van der Waals surface area (Å²) < 4.78 is 1.64. The van der Waals surface area contributed by atoms with Gasteiger partial charge in [-0.1, -0.05) is 12.1 Å².